The Hall–Kier alpha value is -2.66. The number of amides is 2. The molecule has 0 unspecified atom stereocenters. The molecule has 5 heteroatoms. The van der Waals surface area contributed by atoms with Crippen LogP contribution in [0.2, 0.25) is 0 Å². The Morgan fingerprint density at radius 1 is 0.774 bits per heavy atom. The number of nitrogens with zero attached hydrogens (tertiary/aromatic N) is 1. The highest BCUT2D eigenvalue weighted by molar-refractivity contribution is 6.04. The van der Waals surface area contributed by atoms with Crippen molar-refractivity contribution in [3.05, 3.63) is 65.7 Å². The van der Waals surface area contributed by atoms with E-state index in [-0.39, 0.29) is 17.9 Å². The van der Waals surface area contributed by atoms with Crippen molar-refractivity contribution in [1.29, 1.82) is 0 Å². The second-order valence-electron chi connectivity index (χ2n) is 8.95. The van der Waals surface area contributed by atoms with Crippen molar-refractivity contribution in [2.24, 2.45) is 5.92 Å². The van der Waals surface area contributed by atoms with E-state index in [9.17, 15) is 9.59 Å². The van der Waals surface area contributed by atoms with Crippen LogP contribution >= 0.6 is 0 Å². The standard InChI is InChI=1S/C26H33N3O2/c30-25(21-9-5-2-6-10-21)27-23-13-11-22(12-14-23)26(31)28-24-15-17-29(18-16-24)19-20-7-3-1-4-8-20/h2,5-6,9-14,20,24H,1,3-4,7-8,15-19H2,(H,27,30)(H,28,31). The number of hydrogen-bond acceptors (Lipinski definition) is 3. The Bertz CT molecular complexity index is 852. The predicted octanol–water partition coefficient (Wildman–Crippen LogP) is 4.71. The summed E-state index contributed by atoms with van der Waals surface area (Å²) in [5, 5.41) is 6.06. The molecule has 2 N–H and O–H groups in total. The first kappa shape index (κ1) is 21.6. The molecule has 1 saturated carbocycles. The van der Waals surface area contributed by atoms with E-state index in [1.54, 1.807) is 36.4 Å². The molecule has 31 heavy (non-hydrogen) atoms. The number of anilines is 1. The first-order valence-corrected chi connectivity index (χ1v) is 11.7. The summed E-state index contributed by atoms with van der Waals surface area (Å²) in [6.07, 6.45) is 9.01. The molecule has 2 fully saturated rings. The molecule has 2 aromatic carbocycles. The molecule has 1 heterocycles. The van der Waals surface area contributed by atoms with Crippen LogP contribution in [0.1, 0.15) is 65.7 Å². The first-order chi connectivity index (χ1) is 15.2. The van der Waals surface area contributed by atoms with E-state index in [1.165, 1.54) is 38.6 Å². The second kappa shape index (κ2) is 10.6. The van der Waals surface area contributed by atoms with Crippen LogP contribution in [0.15, 0.2) is 54.6 Å². The lowest BCUT2D eigenvalue weighted by molar-refractivity contribution is 0.0901. The molecule has 2 aromatic rings. The molecule has 2 amide bonds. The van der Waals surface area contributed by atoms with Gasteiger partial charge in [-0.2, -0.15) is 0 Å². The molecule has 1 aliphatic heterocycles. The lowest BCUT2D eigenvalue weighted by atomic mass is 9.88. The maximum absolute atomic E-state index is 12.7. The fraction of sp³-hybridized carbons (Fsp3) is 0.462. The topological polar surface area (TPSA) is 61.4 Å². The van der Waals surface area contributed by atoms with E-state index in [0.717, 1.165) is 31.8 Å². The van der Waals surface area contributed by atoms with Crippen molar-refractivity contribution >= 4 is 17.5 Å². The van der Waals surface area contributed by atoms with Gasteiger partial charge in [-0.05, 0) is 68.0 Å². The maximum Gasteiger partial charge on any atom is 0.255 e. The van der Waals surface area contributed by atoms with Crippen molar-refractivity contribution in [2.75, 3.05) is 25.0 Å². The monoisotopic (exact) mass is 419 g/mol. The molecule has 1 aliphatic carbocycles. The fourth-order valence-corrected chi connectivity index (χ4v) is 4.76. The first-order valence-electron chi connectivity index (χ1n) is 11.7. The minimum Gasteiger partial charge on any atom is -0.349 e. The zero-order valence-corrected chi connectivity index (χ0v) is 18.2. The predicted molar refractivity (Wildman–Crippen MR) is 124 cm³/mol. The number of benzene rings is 2. The summed E-state index contributed by atoms with van der Waals surface area (Å²) in [6.45, 7) is 3.38. The minimum absolute atomic E-state index is 0.0355. The third-order valence-corrected chi connectivity index (χ3v) is 6.60. The summed E-state index contributed by atoms with van der Waals surface area (Å²) in [4.78, 5) is 27.5. The third-order valence-electron chi connectivity index (χ3n) is 6.60. The van der Waals surface area contributed by atoms with Crippen molar-refractivity contribution in [3.63, 3.8) is 0 Å². The molecule has 0 aromatic heterocycles. The third kappa shape index (κ3) is 6.17. The van der Waals surface area contributed by atoms with Crippen LogP contribution in [0.4, 0.5) is 5.69 Å². The van der Waals surface area contributed by atoms with E-state index >= 15 is 0 Å². The fourth-order valence-electron chi connectivity index (χ4n) is 4.76. The number of rotatable bonds is 6. The van der Waals surface area contributed by atoms with Gasteiger partial charge in [-0.25, -0.2) is 0 Å². The number of nitrogens with one attached hydrogen (secondary N) is 2. The van der Waals surface area contributed by atoms with Crippen molar-refractivity contribution < 1.29 is 9.59 Å². The molecule has 164 valence electrons. The molecule has 0 spiro atoms. The maximum atomic E-state index is 12.7. The van der Waals surface area contributed by atoms with Gasteiger partial charge in [0.25, 0.3) is 11.8 Å². The molecule has 2 aliphatic rings. The van der Waals surface area contributed by atoms with Crippen molar-refractivity contribution in [3.8, 4) is 0 Å². The zero-order valence-electron chi connectivity index (χ0n) is 18.2. The lowest BCUT2D eigenvalue weighted by Gasteiger charge is -2.35. The van der Waals surface area contributed by atoms with Gasteiger partial charge >= 0.3 is 0 Å². The normalized spacial score (nSPS) is 18.5. The van der Waals surface area contributed by atoms with E-state index in [4.69, 9.17) is 0 Å². The van der Waals surface area contributed by atoms with Gasteiger partial charge in [-0.3, -0.25) is 9.59 Å². The molecular formula is C26H33N3O2. The summed E-state index contributed by atoms with van der Waals surface area (Å²) < 4.78 is 0. The zero-order chi connectivity index (χ0) is 21.5. The molecule has 1 saturated heterocycles. The highest BCUT2D eigenvalue weighted by Gasteiger charge is 2.24. The van der Waals surface area contributed by atoms with Crippen LogP contribution in [0.25, 0.3) is 0 Å². The largest absolute Gasteiger partial charge is 0.349 e. The average molecular weight is 420 g/mol. The Kier molecular flexibility index (Phi) is 7.36. The number of hydrogen-bond donors (Lipinski definition) is 2. The second-order valence-corrected chi connectivity index (χ2v) is 8.95. The van der Waals surface area contributed by atoms with E-state index < -0.39 is 0 Å². The van der Waals surface area contributed by atoms with Crippen LogP contribution in [0.5, 0.6) is 0 Å². The lowest BCUT2D eigenvalue weighted by Crippen LogP contribution is -2.45. The smallest absolute Gasteiger partial charge is 0.255 e. The number of likely N-dealkylation sites (tertiary alicyclic amines) is 1. The van der Waals surface area contributed by atoms with E-state index in [1.807, 2.05) is 18.2 Å². The van der Waals surface area contributed by atoms with Crippen LogP contribution in [-0.4, -0.2) is 42.4 Å². The highest BCUT2D eigenvalue weighted by Crippen LogP contribution is 2.25. The van der Waals surface area contributed by atoms with Crippen LogP contribution in [0.3, 0.4) is 0 Å². The van der Waals surface area contributed by atoms with Gasteiger partial charge < -0.3 is 15.5 Å². The Morgan fingerprint density at radius 3 is 2.10 bits per heavy atom. The van der Waals surface area contributed by atoms with Gasteiger partial charge in [0.1, 0.15) is 0 Å². The van der Waals surface area contributed by atoms with Gasteiger partial charge in [0.15, 0.2) is 0 Å². The molecule has 5 nitrogen and oxygen atoms in total. The summed E-state index contributed by atoms with van der Waals surface area (Å²) in [7, 11) is 0. The average Bonchev–Trinajstić information content (AvgIpc) is 2.82. The molecule has 0 bridgehead atoms. The van der Waals surface area contributed by atoms with Crippen LogP contribution in [0, 0.1) is 5.92 Å². The Balaban J connectivity index is 1.22. The van der Waals surface area contributed by atoms with Crippen LogP contribution in [-0.2, 0) is 0 Å². The molecule has 4 rings (SSSR count). The van der Waals surface area contributed by atoms with E-state index in [2.05, 4.69) is 15.5 Å². The SMILES string of the molecule is O=C(Nc1ccc(C(=O)NC2CCN(CC3CCCCC3)CC2)cc1)c1ccccc1. The number of carbonyl (C=O) groups is 2. The number of piperidine rings is 1. The summed E-state index contributed by atoms with van der Waals surface area (Å²) in [6, 6.07) is 16.5. The van der Waals surface area contributed by atoms with Crippen molar-refractivity contribution in [2.45, 2.75) is 51.0 Å². The number of carbonyl (C=O) groups excluding carboxylic acids is 2. The summed E-state index contributed by atoms with van der Waals surface area (Å²) in [5.74, 6) is 0.685. The molecular weight excluding hydrogens is 386 g/mol. The summed E-state index contributed by atoms with van der Waals surface area (Å²) in [5.41, 5.74) is 1.92. The summed E-state index contributed by atoms with van der Waals surface area (Å²) >= 11 is 0. The molecule has 0 radical (unpaired) electrons. The Labute approximate surface area is 185 Å². The quantitative estimate of drug-likeness (QED) is 0.713. The van der Waals surface area contributed by atoms with Gasteiger partial charge in [0.05, 0.1) is 0 Å². The van der Waals surface area contributed by atoms with Gasteiger partial charge in [-0.15, -0.1) is 0 Å². The molecule has 0 atom stereocenters. The van der Waals surface area contributed by atoms with Gasteiger partial charge in [-0.1, -0.05) is 37.5 Å². The van der Waals surface area contributed by atoms with Crippen LogP contribution < -0.4 is 10.6 Å². The van der Waals surface area contributed by atoms with Gasteiger partial charge in [0.2, 0.25) is 0 Å². The van der Waals surface area contributed by atoms with Gasteiger partial charge in [0, 0.05) is 42.5 Å². The Morgan fingerprint density at radius 2 is 1.42 bits per heavy atom. The van der Waals surface area contributed by atoms with E-state index in [0.29, 0.717) is 16.8 Å². The van der Waals surface area contributed by atoms with Crippen molar-refractivity contribution in [1.82, 2.24) is 10.2 Å². The minimum atomic E-state index is -0.155. The highest BCUT2D eigenvalue weighted by atomic mass is 16.2.